The molecule has 0 spiro atoms. The molecular weight excluding hydrogens is 296 g/mol. The fraction of sp³-hybridized carbons (Fsp3) is 0.0909. The second-order valence-corrected chi connectivity index (χ2v) is 4.36. The minimum Gasteiger partial charge on any atom is -0.316 e. The highest BCUT2D eigenvalue weighted by molar-refractivity contribution is 7.13. The fourth-order valence-electron chi connectivity index (χ4n) is 1.36. The van der Waals surface area contributed by atoms with E-state index in [2.05, 4.69) is 10.3 Å². The highest BCUT2D eigenvalue weighted by Crippen LogP contribution is 2.19. The lowest BCUT2D eigenvalue weighted by atomic mass is 10.1. The van der Waals surface area contributed by atoms with Gasteiger partial charge in [0.2, 0.25) is 5.91 Å². The maximum atomic E-state index is 13.4. The lowest BCUT2D eigenvalue weighted by Crippen LogP contribution is -2.28. The monoisotopic (exact) mass is 305 g/mol. The third-order valence-electron chi connectivity index (χ3n) is 2.24. The number of nitrogens with zero attached hydrogens (tertiary/aromatic N) is 1. The molecule has 8 heteroatoms. The van der Waals surface area contributed by atoms with Crippen LogP contribution in [0.3, 0.4) is 0 Å². The van der Waals surface area contributed by atoms with Gasteiger partial charge < -0.3 is 11.1 Å². The van der Waals surface area contributed by atoms with Crippen molar-refractivity contribution in [3.8, 4) is 0 Å². The van der Waals surface area contributed by atoms with E-state index in [4.69, 9.17) is 5.73 Å². The average molecular weight is 306 g/mol. The topological polar surface area (TPSA) is 68.0 Å². The second-order valence-electron chi connectivity index (χ2n) is 3.47. The van der Waals surface area contributed by atoms with E-state index in [0.29, 0.717) is 5.13 Å². The van der Waals surface area contributed by atoms with Crippen LogP contribution in [0, 0.1) is 11.6 Å². The van der Waals surface area contributed by atoms with Crippen molar-refractivity contribution in [3.63, 3.8) is 0 Å². The van der Waals surface area contributed by atoms with Crippen molar-refractivity contribution >= 4 is 34.8 Å². The first-order chi connectivity index (χ1) is 8.58. The summed E-state index contributed by atoms with van der Waals surface area (Å²) in [6, 6.07) is 1.51. The fourth-order valence-corrected chi connectivity index (χ4v) is 1.89. The summed E-state index contributed by atoms with van der Waals surface area (Å²) in [5.41, 5.74) is 5.39. The summed E-state index contributed by atoms with van der Waals surface area (Å²) >= 11 is 1.20. The molecule has 0 radical (unpaired) electrons. The van der Waals surface area contributed by atoms with E-state index in [1.807, 2.05) is 0 Å². The Morgan fingerprint density at radius 3 is 2.79 bits per heavy atom. The molecule has 1 amide bonds. The summed E-state index contributed by atoms with van der Waals surface area (Å²) in [4.78, 5) is 15.6. The zero-order valence-electron chi connectivity index (χ0n) is 9.47. The Kier molecular flexibility index (Phi) is 5.34. The van der Waals surface area contributed by atoms with E-state index in [9.17, 15) is 13.6 Å². The van der Waals surface area contributed by atoms with Crippen molar-refractivity contribution in [2.45, 2.75) is 6.04 Å². The number of hydrogen-bond acceptors (Lipinski definition) is 4. The van der Waals surface area contributed by atoms with Crippen LogP contribution in [0.25, 0.3) is 0 Å². The van der Waals surface area contributed by atoms with Gasteiger partial charge in [0.1, 0.15) is 17.7 Å². The normalized spacial score (nSPS) is 11.5. The Labute approximate surface area is 118 Å². The third kappa shape index (κ3) is 3.69. The first kappa shape index (κ1) is 15.5. The molecule has 3 N–H and O–H groups in total. The molecule has 2 rings (SSSR count). The molecule has 2 aromatic rings. The summed E-state index contributed by atoms with van der Waals surface area (Å²) in [5, 5.41) is 4.45. The largest absolute Gasteiger partial charge is 0.316 e. The number of rotatable bonds is 3. The molecule has 0 aliphatic carbocycles. The van der Waals surface area contributed by atoms with Crippen molar-refractivity contribution in [2.24, 2.45) is 5.73 Å². The number of nitrogens with one attached hydrogen (secondary N) is 1. The predicted molar refractivity (Wildman–Crippen MR) is 71.3 cm³/mol. The molecule has 1 heterocycles. The summed E-state index contributed by atoms with van der Waals surface area (Å²) < 4.78 is 26.4. The number of carbonyl (C=O) groups is 1. The van der Waals surface area contributed by atoms with Crippen molar-refractivity contribution in [2.75, 3.05) is 5.32 Å². The van der Waals surface area contributed by atoms with Gasteiger partial charge in [-0.3, -0.25) is 4.79 Å². The van der Waals surface area contributed by atoms with E-state index in [1.54, 1.807) is 5.38 Å². The van der Waals surface area contributed by atoms with Gasteiger partial charge in [0.25, 0.3) is 0 Å². The second kappa shape index (κ2) is 6.55. The van der Waals surface area contributed by atoms with Crippen LogP contribution in [0.1, 0.15) is 11.6 Å². The molecule has 0 fully saturated rings. The highest BCUT2D eigenvalue weighted by Gasteiger charge is 2.20. The first-order valence-corrected chi connectivity index (χ1v) is 5.87. The number of thiazole rings is 1. The molecule has 0 aliphatic rings. The van der Waals surface area contributed by atoms with Crippen molar-refractivity contribution in [3.05, 3.63) is 47.0 Å². The van der Waals surface area contributed by atoms with Gasteiger partial charge in [-0.1, -0.05) is 0 Å². The highest BCUT2D eigenvalue weighted by atomic mass is 35.5. The molecular formula is C11H10ClF2N3OS. The van der Waals surface area contributed by atoms with E-state index in [-0.39, 0.29) is 18.0 Å². The molecule has 0 saturated heterocycles. The van der Waals surface area contributed by atoms with Gasteiger partial charge in [0.05, 0.1) is 0 Å². The maximum Gasteiger partial charge on any atom is 0.247 e. The molecule has 1 atom stereocenters. The Bertz CT molecular complexity index is 565. The lowest BCUT2D eigenvalue weighted by molar-refractivity contribution is -0.117. The Morgan fingerprint density at radius 2 is 2.16 bits per heavy atom. The van der Waals surface area contributed by atoms with Gasteiger partial charge in [0, 0.05) is 17.1 Å². The van der Waals surface area contributed by atoms with Gasteiger partial charge >= 0.3 is 0 Å². The first-order valence-electron chi connectivity index (χ1n) is 4.99. The zero-order valence-corrected chi connectivity index (χ0v) is 11.1. The number of benzene rings is 1. The van der Waals surface area contributed by atoms with Gasteiger partial charge in [-0.25, -0.2) is 13.8 Å². The number of nitrogens with two attached hydrogens (primary N) is 1. The summed E-state index contributed by atoms with van der Waals surface area (Å²) in [6.07, 6.45) is 1.51. The van der Waals surface area contributed by atoms with Crippen molar-refractivity contribution < 1.29 is 13.6 Å². The number of halogens is 3. The number of hydrogen-bond donors (Lipinski definition) is 2. The molecule has 1 aromatic heterocycles. The standard InChI is InChI=1S/C11H9F2N3OS.ClH/c12-6-1-2-8(13)7(5-6)9(14)10(17)16-11-15-3-4-18-11;/h1-5,9H,14H2,(H,15,16,17);1H. The predicted octanol–water partition coefficient (Wildman–Crippen LogP) is 2.48. The molecule has 102 valence electrons. The van der Waals surface area contributed by atoms with Crippen LogP contribution >= 0.6 is 23.7 Å². The van der Waals surface area contributed by atoms with Gasteiger partial charge in [-0.15, -0.1) is 23.7 Å². The Morgan fingerprint density at radius 1 is 1.42 bits per heavy atom. The molecule has 0 aliphatic heterocycles. The van der Waals surface area contributed by atoms with Gasteiger partial charge in [-0.05, 0) is 18.2 Å². The average Bonchev–Trinajstić information content (AvgIpc) is 2.84. The van der Waals surface area contributed by atoms with Crippen LogP contribution in [-0.2, 0) is 4.79 Å². The molecule has 19 heavy (non-hydrogen) atoms. The Hall–Kier alpha value is -1.57. The molecule has 1 unspecified atom stereocenters. The smallest absolute Gasteiger partial charge is 0.247 e. The van der Waals surface area contributed by atoms with E-state index >= 15 is 0 Å². The van der Waals surface area contributed by atoms with Crippen LogP contribution in [0.2, 0.25) is 0 Å². The number of aromatic nitrogens is 1. The minimum atomic E-state index is -1.29. The van der Waals surface area contributed by atoms with Crippen molar-refractivity contribution in [1.82, 2.24) is 4.98 Å². The molecule has 4 nitrogen and oxygen atoms in total. The van der Waals surface area contributed by atoms with Crippen LogP contribution in [0.4, 0.5) is 13.9 Å². The van der Waals surface area contributed by atoms with E-state index < -0.39 is 23.6 Å². The number of carbonyl (C=O) groups excluding carboxylic acids is 1. The number of anilines is 1. The van der Waals surface area contributed by atoms with Gasteiger partial charge in [0.15, 0.2) is 5.13 Å². The van der Waals surface area contributed by atoms with Crippen molar-refractivity contribution in [1.29, 1.82) is 0 Å². The Balaban J connectivity index is 0.00000180. The molecule has 0 saturated carbocycles. The van der Waals surface area contributed by atoms with Crippen LogP contribution < -0.4 is 11.1 Å². The van der Waals surface area contributed by atoms with Gasteiger partial charge in [-0.2, -0.15) is 0 Å². The zero-order chi connectivity index (χ0) is 13.1. The van der Waals surface area contributed by atoms with Crippen LogP contribution in [0.5, 0.6) is 0 Å². The third-order valence-corrected chi connectivity index (χ3v) is 2.93. The summed E-state index contributed by atoms with van der Waals surface area (Å²) in [7, 11) is 0. The molecule has 1 aromatic carbocycles. The lowest BCUT2D eigenvalue weighted by Gasteiger charge is -2.12. The maximum absolute atomic E-state index is 13.4. The van der Waals surface area contributed by atoms with Crippen LogP contribution in [-0.4, -0.2) is 10.9 Å². The summed E-state index contributed by atoms with van der Waals surface area (Å²) in [5.74, 6) is -2.02. The van der Waals surface area contributed by atoms with E-state index in [0.717, 1.165) is 18.2 Å². The molecule has 0 bridgehead atoms. The minimum absolute atomic E-state index is 0. The SMILES string of the molecule is Cl.NC(C(=O)Nc1nccs1)c1cc(F)ccc1F. The van der Waals surface area contributed by atoms with E-state index in [1.165, 1.54) is 17.5 Å². The summed E-state index contributed by atoms with van der Waals surface area (Å²) in [6.45, 7) is 0. The number of amides is 1. The van der Waals surface area contributed by atoms with Crippen LogP contribution in [0.15, 0.2) is 29.8 Å². The quantitative estimate of drug-likeness (QED) is 0.915.